The molecule has 60 heavy (non-hydrogen) atoms. The van der Waals surface area contributed by atoms with Gasteiger partial charge in [0.05, 0.1) is 26.0 Å². The summed E-state index contributed by atoms with van der Waals surface area (Å²) in [6, 6.07) is 0. The van der Waals surface area contributed by atoms with Crippen molar-refractivity contribution in [2.75, 3.05) is 37.8 Å². The van der Waals surface area contributed by atoms with Crippen molar-refractivity contribution < 1.29 is 85.3 Å². The zero-order valence-electron chi connectivity index (χ0n) is 32.9. The van der Waals surface area contributed by atoms with Gasteiger partial charge in [-0.15, -0.1) is 0 Å². The van der Waals surface area contributed by atoms with Gasteiger partial charge in [-0.3, -0.25) is 37.3 Å². The highest BCUT2D eigenvalue weighted by Crippen LogP contribution is 2.61. The second kappa shape index (κ2) is 23.1. The van der Waals surface area contributed by atoms with E-state index in [0.717, 1.165) is 61.1 Å². The molecule has 0 bridgehead atoms. The van der Waals surface area contributed by atoms with Crippen LogP contribution in [0.3, 0.4) is 0 Å². The Morgan fingerprint density at radius 2 is 1.67 bits per heavy atom. The number of ketones is 1. The number of aromatic nitrogens is 4. The van der Waals surface area contributed by atoms with Gasteiger partial charge in [-0.05, 0) is 6.42 Å². The summed E-state index contributed by atoms with van der Waals surface area (Å²) in [6.07, 6.45) is -1.89. The molecule has 2 aromatic rings. The summed E-state index contributed by atoms with van der Waals surface area (Å²) < 4.78 is 62.2. The van der Waals surface area contributed by atoms with Crippen LogP contribution in [0.25, 0.3) is 11.2 Å². The number of anilines is 1. The molecule has 0 saturated carbocycles. The summed E-state index contributed by atoms with van der Waals surface area (Å²) in [6.45, 7) is 2.42. The molecule has 7 atom stereocenters. The van der Waals surface area contributed by atoms with Crippen LogP contribution in [0.5, 0.6) is 0 Å². The maximum atomic E-state index is 12.7. The van der Waals surface area contributed by atoms with Gasteiger partial charge in [0.2, 0.25) is 11.8 Å². The molecule has 1 saturated heterocycles. The summed E-state index contributed by atoms with van der Waals surface area (Å²) >= 11 is 0.925. The number of ether oxygens (including phenoxy) is 1. The van der Waals surface area contributed by atoms with Gasteiger partial charge in [0.15, 0.2) is 22.8 Å². The Kier molecular flexibility index (Phi) is 19.8. The standard InChI is InChI=1S/C31H52N7O18P3S/c1-4-5-6-7-8-9-19(39)14-22(41)60-13-12-33-21(40)10-11-34-29(44)26(43)31(2,3)16-53-59(50,51)56-58(48,49)52-15-20-25(55-57(45,46)47)24(42)30(54-20)38-18-37-23-27(32)35-17-36-28(23)38/h17-18,20,24-26,30,42-43H,4-16H2,1-3H3,(H,33,40)(H,34,44)(H,48,49)(H,50,51)(H2,32,35,36)(H2,45,46,47)/t20-,24?,25+,26+,30-/m1/s1. The van der Waals surface area contributed by atoms with Gasteiger partial charge < -0.3 is 50.9 Å². The third kappa shape index (κ3) is 16.8. The molecule has 0 aromatic carbocycles. The van der Waals surface area contributed by atoms with Gasteiger partial charge in [0, 0.05) is 37.1 Å². The van der Waals surface area contributed by atoms with E-state index in [1.165, 1.54) is 13.8 Å². The number of aliphatic hydroxyl groups is 2. The van der Waals surface area contributed by atoms with Crippen LogP contribution in [-0.4, -0.2) is 128 Å². The minimum absolute atomic E-state index is 0.0253. The maximum absolute atomic E-state index is 12.7. The molecule has 29 heteroatoms. The van der Waals surface area contributed by atoms with Crippen molar-refractivity contribution in [2.45, 2.75) is 103 Å². The number of nitrogen functional groups attached to an aromatic ring is 1. The van der Waals surface area contributed by atoms with E-state index in [1.807, 2.05) is 0 Å². The normalized spacial score (nSPS) is 20.9. The Morgan fingerprint density at radius 3 is 2.35 bits per heavy atom. The smallest absolute Gasteiger partial charge is 0.386 e. The predicted octanol–water partition coefficient (Wildman–Crippen LogP) is 0.984. The van der Waals surface area contributed by atoms with E-state index in [0.29, 0.717) is 6.42 Å². The number of hydrogen-bond donors (Lipinski definition) is 9. The van der Waals surface area contributed by atoms with Crippen LogP contribution in [-0.2, 0) is 55.5 Å². The summed E-state index contributed by atoms with van der Waals surface area (Å²) in [5.41, 5.74) is 4.23. The topological polar surface area (TPSA) is 381 Å². The second-order valence-electron chi connectivity index (χ2n) is 14.2. The summed E-state index contributed by atoms with van der Waals surface area (Å²) in [5.74, 6) is -1.42. The molecule has 1 aliphatic rings. The van der Waals surface area contributed by atoms with E-state index in [4.69, 9.17) is 19.5 Å². The van der Waals surface area contributed by atoms with Gasteiger partial charge in [-0.1, -0.05) is 58.2 Å². The van der Waals surface area contributed by atoms with E-state index < -0.39 is 84.6 Å². The molecule has 10 N–H and O–H groups in total. The van der Waals surface area contributed by atoms with Crippen molar-refractivity contribution in [3.8, 4) is 0 Å². The number of phosphoric ester groups is 3. The average Bonchev–Trinajstić information content (AvgIpc) is 3.71. The van der Waals surface area contributed by atoms with E-state index >= 15 is 0 Å². The molecule has 0 aliphatic carbocycles. The molecular formula is C31H52N7O18P3S. The lowest BCUT2D eigenvalue weighted by atomic mass is 9.87. The van der Waals surface area contributed by atoms with Gasteiger partial charge in [-0.25, -0.2) is 28.6 Å². The van der Waals surface area contributed by atoms with Crippen LogP contribution in [0.1, 0.15) is 78.4 Å². The fourth-order valence-electron chi connectivity index (χ4n) is 5.52. The Morgan fingerprint density at radius 1 is 0.983 bits per heavy atom. The van der Waals surface area contributed by atoms with Crippen LogP contribution in [0.15, 0.2) is 12.7 Å². The highest BCUT2D eigenvalue weighted by molar-refractivity contribution is 8.13. The predicted molar refractivity (Wildman–Crippen MR) is 210 cm³/mol. The summed E-state index contributed by atoms with van der Waals surface area (Å²) in [5, 5.41) is 26.1. The number of fused-ring (bicyclic) bond motifs is 1. The number of Topliss-reactive ketones (excluding diaryl/α,β-unsaturated/α-hetero) is 1. The number of imidazole rings is 1. The second-order valence-corrected chi connectivity index (χ2v) is 19.6. The van der Waals surface area contributed by atoms with Crippen LogP contribution >= 0.6 is 35.2 Å². The number of nitrogens with two attached hydrogens (primary N) is 1. The number of phosphoric acid groups is 3. The SMILES string of the molecule is CCCCCCCC(=O)CC(=O)SCCNC(=O)CCNC(=O)[C@H](O)C(C)(C)COP(=O)(O)OP(=O)(O)OC[C@H]1O[C@@H](n2cnc3c(N)ncnc32)C(O)[C@H]1OP(=O)(O)O. The third-order valence-electron chi connectivity index (χ3n) is 8.67. The van der Waals surface area contributed by atoms with E-state index in [1.54, 1.807) is 0 Å². The lowest BCUT2D eigenvalue weighted by Crippen LogP contribution is -2.46. The van der Waals surface area contributed by atoms with Crippen molar-refractivity contribution in [2.24, 2.45) is 5.41 Å². The number of hydrogen-bond acceptors (Lipinski definition) is 19. The molecule has 2 amide bonds. The molecule has 3 rings (SSSR count). The van der Waals surface area contributed by atoms with Gasteiger partial charge in [0.1, 0.15) is 42.0 Å². The molecule has 0 spiro atoms. The number of rotatable bonds is 27. The lowest BCUT2D eigenvalue weighted by molar-refractivity contribution is -0.137. The molecule has 1 aliphatic heterocycles. The zero-order valence-corrected chi connectivity index (χ0v) is 36.4. The first kappa shape index (κ1) is 51.6. The largest absolute Gasteiger partial charge is 0.481 e. The monoisotopic (exact) mass is 935 g/mol. The quantitative estimate of drug-likeness (QED) is 0.0342. The molecule has 0 radical (unpaired) electrons. The molecule has 340 valence electrons. The van der Waals surface area contributed by atoms with Crippen LogP contribution < -0.4 is 16.4 Å². The number of unbranched alkanes of at least 4 members (excludes halogenated alkanes) is 4. The fourth-order valence-corrected chi connectivity index (χ4v) is 9.05. The van der Waals surface area contributed by atoms with Crippen molar-refractivity contribution in [3.63, 3.8) is 0 Å². The van der Waals surface area contributed by atoms with Crippen LogP contribution in [0, 0.1) is 5.41 Å². The summed E-state index contributed by atoms with van der Waals surface area (Å²) in [7, 11) is -16.4. The molecule has 1 fully saturated rings. The van der Waals surface area contributed by atoms with Crippen LogP contribution in [0.2, 0.25) is 0 Å². The van der Waals surface area contributed by atoms with Crippen LogP contribution in [0.4, 0.5) is 5.82 Å². The van der Waals surface area contributed by atoms with Crippen molar-refractivity contribution in [1.82, 2.24) is 30.2 Å². The van der Waals surface area contributed by atoms with Crippen molar-refractivity contribution >= 4 is 74.9 Å². The van der Waals surface area contributed by atoms with Crippen molar-refractivity contribution in [1.29, 1.82) is 0 Å². The molecule has 2 aromatic heterocycles. The Hall–Kier alpha value is -2.77. The van der Waals surface area contributed by atoms with E-state index in [2.05, 4.69) is 41.3 Å². The van der Waals surface area contributed by atoms with Gasteiger partial charge in [-0.2, -0.15) is 4.31 Å². The van der Waals surface area contributed by atoms with E-state index in [9.17, 15) is 62.7 Å². The minimum Gasteiger partial charge on any atom is -0.386 e. The zero-order chi connectivity index (χ0) is 44.9. The number of carbonyl (C=O) groups is 4. The highest BCUT2D eigenvalue weighted by atomic mass is 32.2. The molecule has 3 heterocycles. The first-order valence-electron chi connectivity index (χ1n) is 18.5. The number of thioether (sulfide) groups is 1. The van der Waals surface area contributed by atoms with Gasteiger partial charge >= 0.3 is 23.5 Å². The fraction of sp³-hybridized carbons (Fsp3) is 0.710. The van der Waals surface area contributed by atoms with E-state index in [-0.39, 0.29) is 59.6 Å². The number of carbonyl (C=O) groups excluding carboxylic acids is 4. The Labute approximate surface area is 348 Å². The first-order valence-corrected chi connectivity index (χ1v) is 24.0. The Bertz CT molecular complexity index is 1940. The van der Waals surface area contributed by atoms with Gasteiger partial charge in [0.25, 0.3) is 0 Å². The molecule has 25 nitrogen and oxygen atoms in total. The number of nitrogens with zero attached hydrogens (tertiary/aromatic N) is 4. The lowest BCUT2D eigenvalue weighted by Gasteiger charge is -2.30. The number of nitrogens with one attached hydrogen (secondary N) is 2. The average molecular weight is 936 g/mol. The summed E-state index contributed by atoms with van der Waals surface area (Å²) in [4.78, 5) is 99.7. The Balaban J connectivity index is 1.42. The van der Waals surface area contributed by atoms with Crippen molar-refractivity contribution in [3.05, 3.63) is 12.7 Å². The number of amides is 2. The third-order valence-corrected chi connectivity index (χ3v) is 12.6. The molecular weight excluding hydrogens is 883 g/mol. The molecule has 3 unspecified atom stereocenters. The number of aliphatic hydroxyl groups excluding tert-OH is 2. The maximum Gasteiger partial charge on any atom is 0.481 e. The minimum atomic E-state index is -5.58. The highest BCUT2D eigenvalue weighted by Gasteiger charge is 2.50. The first-order chi connectivity index (χ1) is 27.9.